The molecule has 4 heteroatoms. The van der Waals surface area contributed by atoms with Gasteiger partial charge in [0.15, 0.2) is 0 Å². The molecule has 1 unspecified atom stereocenters. The number of carbonyl (C=O) groups excluding carboxylic acids is 1. The van der Waals surface area contributed by atoms with E-state index in [0.29, 0.717) is 13.1 Å². The minimum atomic E-state index is -0.469. The minimum Gasteiger partial charge on any atom is -0.376 e. The average molecular weight is 228 g/mol. The lowest BCUT2D eigenvalue weighted by Crippen LogP contribution is -2.46. The lowest BCUT2D eigenvalue weighted by molar-refractivity contribution is -0.140. The van der Waals surface area contributed by atoms with Gasteiger partial charge in [-0.2, -0.15) is 0 Å². The van der Waals surface area contributed by atoms with Crippen molar-refractivity contribution in [2.45, 2.75) is 39.2 Å². The molecule has 16 heavy (non-hydrogen) atoms. The Morgan fingerprint density at radius 2 is 2.19 bits per heavy atom. The number of hydrogen-bond acceptors (Lipinski definition) is 3. The third-order valence-corrected chi connectivity index (χ3v) is 3.19. The maximum atomic E-state index is 12.1. The molecule has 1 saturated heterocycles. The largest absolute Gasteiger partial charge is 0.376 e. The summed E-state index contributed by atoms with van der Waals surface area (Å²) in [5.74, 6) is 0.101. The highest BCUT2D eigenvalue weighted by atomic mass is 16.5. The van der Waals surface area contributed by atoms with Crippen molar-refractivity contribution < 1.29 is 9.53 Å². The number of nitrogens with zero attached hydrogens (tertiary/aromatic N) is 1. The molecule has 1 atom stereocenters. The standard InChI is InChI=1S/C12H24N2O2/c1-12(2,9-13)11(15)14(3)8-10-6-4-5-7-16-10/h10H,4-9,13H2,1-3H3. The molecule has 0 spiro atoms. The third-order valence-electron chi connectivity index (χ3n) is 3.19. The maximum absolute atomic E-state index is 12.1. The second-order valence-corrected chi connectivity index (χ2v) is 5.26. The first kappa shape index (κ1) is 13.5. The zero-order valence-corrected chi connectivity index (χ0v) is 10.7. The molecule has 1 amide bonds. The second kappa shape index (κ2) is 5.64. The van der Waals surface area contributed by atoms with Crippen LogP contribution in [-0.4, -0.2) is 43.7 Å². The molecule has 4 nitrogen and oxygen atoms in total. The van der Waals surface area contributed by atoms with Crippen molar-refractivity contribution in [1.29, 1.82) is 0 Å². The molecule has 0 saturated carbocycles. The van der Waals surface area contributed by atoms with Crippen molar-refractivity contribution in [3.05, 3.63) is 0 Å². The van der Waals surface area contributed by atoms with Crippen LogP contribution in [0.15, 0.2) is 0 Å². The number of rotatable bonds is 4. The van der Waals surface area contributed by atoms with Crippen molar-refractivity contribution in [3.63, 3.8) is 0 Å². The minimum absolute atomic E-state index is 0.101. The highest BCUT2D eigenvalue weighted by Crippen LogP contribution is 2.18. The molecule has 1 aliphatic heterocycles. The summed E-state index contributed by atoms with van der Waals surface area (Å²) in [6.07, 6.45) is 3.60. The van der Waals surface area contributed by atoms with Crippen LogP contribution in [0.2, 0.25) is 0 Å². The van der Waals surface area contributed by atoms with Crippen molar-refractivity contribution >= 4 is 5.91 Å². The van der Waals surface area contributed by atoms with Crippen molar-refractivity contribution in [3.8, 4) is 0 Å². The monoisotopic (exact) mass is 228 g/mol. The molecular formula is C12H24N2O2. The van der Waals surface area contributed by atoms with Gasteiger partial charge >= 0.3 is 0 Å². The molecule has 0 aromatic heterocycles. The van der Waals surface area contributed by atoms with Gasteiger partial charge in [-0.1, -0.05) is 0 Å². The van der Waals surface area contributed by atoms with Crippen LogP contribution in [0.3, 0.4) is 0 Å². The normalized spacial score (nSPS) is 21.9. The highest BCUT2D eigenvalue weighted by Gasteiger charge is 2.30. The molecule has 1 rings (SSSR count). The first-order valence-corrected chi connectivity index (χ1v) is 6.04. The Labute approximate surface area is 98.1 Å². The van der Waals surface area contributed by atoms with Crippen LogP contribution < -0.4 is 5.73 Å². The number of ether oxygens (including phenoxy) is 1. The van der Waals surface area contributed by atoms with E-state index < -0.39 is 5.41 Å². The van der Waals surface area contributed by atoms with Gasteiger partial charge in [-0.15, -0.1) is 0 Å². The Bertz CT molecular complexity index is 235. The topological polar surface area (TPSA) is 55.6 Å². The Hall–Kier alpha value is -0.610. The van der Waals surface area contributed by atoms with Gasteiger partial charge in [0.25, 0.3) is 0 Å². The fourth-order valence-electron chi connectivity index (χ4n) is 1.94. The van der Waals surface area contributed by atoms with E-state index in [1.165, 1.54) is 6.42 Å². The van der Waals surface area contributed by atoms with E-state index in [4.69, 9.17) is 10.5 Å². The predicted molar refractivity (Wildman–Crippen MR) is 64.1 cm³/mol. The van der Waals surface area contributed by atoms with E-state index >= 15 is 0 Å². The molecule has 1 aliphatic rings. The van der Waals surface area contributed by atoms with E-state index in [-0.39, 0.29) is 12.0 Å². The smallest absolute Gasteiger partial charge is 0.229 e. The first-order chi connectivity index (χ1) is 7.47. The molecule has 0 aromatic carbocycles. The summed E-state index contributed by atoms with van der Waals surface area (Å²) in [6, 6.07) is 0. The van der Waals surface area contributed by atoms with E-state index in [1.807, 2.05) is 20.9 Å². The van der Waals surface area contributed by atoms with Crippen LogP contribution in [0, 0.1) is 5.41 Å². The summed E-state index contributed by atoms with van der Waals surface area (Å²) in [6.45, 7) is 5.65. The van der Waals surface area contributed by atoms with Crippen LogP contribution in [-0.2, 0) is 9.53 Å². The lowest BCUT2D eigenvalue weighted by Gasteiger charge is -2.32. The van der Waals surface area contributed by atoms with Gasteiger partial charge in [0.05, 0.1) is 11.5 Å². The van der Waals surface area contributed by atoms with Crippen molar-refractivity contribution in [2.75, 3.05) is 26.7 Å². The average Bonchev–Trinajstić information content (AvgIpc) is 2.29. The summed E-state index contributed by atoms with van der Waals surface area (Å²) in [7, 11) is 1.83. The van der Waals surface area contributed by atoms with Crippen molar-refractivity contribution in [1.82, 2.24) is 4.90 Å². The molecule has 0 aromatic rings. The highest BCUT2D eigenvalue weighted by molar-refractivity contribution is 5.82. The molecule has 94 valence electrons. The molecule has 2 N–H and O–H groups in total. The third kappa shape index (κ3) is 3.46. The van der Waals surface area contributed by atoms with Crippen molar-refractivity contribution in [2.24, 2.45) is 11.1 Å². The number of hydrogen-bond donors (Lipinski definition) is 1. The van der Waals surface area contributed by atoms with E-state index in [9.17, 15) is 4.79 Å². The quantitative estimate of drug-likeness (QED) is 0.781. The van der Waals surface area contributed by atoms with Gasteiger partial charge in [0.2, 0.25) is 5.91 Å². The zero-order chi connectivity index (χ0) is 12.2. The summed E-state index contributed by atoms with van der Waals surface area (Å²) < 4.78 is 5.62. The summed E-state index contributed by atoms with van der Waals surface area (Å²) in [5.41, 5.74) is 5.13. The van der Waals surface area contributed by atoms with Gasteiger partial charge in [-0.25, -0.2) is 0 Å². The Balaban J connectivity index is 2.44. The lowest BCUT2D eigenvalue weighted by atomic mass is 9.92. The van der Waals surface area contributed by atoms with E-state index in [0.717, 1.165) is 19.4 Å². The van der Waals surface area contributed by atoms with Gasteiger partial charge in [0.1, 0.15) is 0 Å². The number of carbonyl (C=O) groups is 1. The fourth-order valence-corrected chi connectivity index (χ4v) is 1.94. The van der Waals surface area contributed by atoms with Gasteiger partial charge in [0, 0.05) is 26.7 Å². The van der Waals surface area contributed by atoms with Gasteiger partial charge in [-0.3, -0.25) is 4.79 Å². The fraction of sp³-hybridized carbons (Fsp3) is 0.917. The number of nitrogens with two attached hydrogens (primary N) is 1. The molecular weight excluding hydrogens is 204 g/mol. The molecule has 0 aliphatic carbocycles. The van der Waals surface area contributed by atoms with E-state index in [2.05, 4.69) is 0 Å². The van der Waals surface area contributed by atoms with Gasteiger partial charge < -0.3 is 15.4 Å². The van der Waals surface area contributed by atoms with E-state index in [1.54, 1.807) is 4.90 Å². The molecule has 0 radical (unpaired) electrons. The summed E-state index contributed by atoms with van der Waals surface area (Å²) >= 11 is 0. The molecule has 0 bridgehead atoms. The molecule has 1 fully saturated rings. The van der Waals surface area contributed by atoms with Crippen LogP contribution in [0.25, 0.3) is 0 Å². The Morgan fingerprint density at radius 1 is 1.50 bits per heavy atom. The Kier molecular flexibility index (Phi) is 4.74. The zero-order valence-electron chi connectivity index (χ0n) is 10.7. The first-order valence-electron chi connectivity index (χ1n) is 6.04. The molecule has 1 heterocycles. The maximum Gasteiger partial charge on any atom is 0.229 e. The second-order valence-electron chi connectivity index (χ2n) is 5.26. The number of likely N-dealkylation sites (N-methyl/N-ethyl adjacent to an activating group) is 1. The van der Waals surface area contributed by atoms with Crippen LogP contribution >= 0.6 is 0 Å². The summed E-state index contributed by atoms with van der Waals surface area (Å²) in [4.78, 5) is 13.8. The SMILES string of the molecule is CN(CC1CCCCO1)C(=O)C(C)(C)CN. The van der Waals surface area contributed by atoms with Crippen LogP contribution in [0.5, 0.6) is 0 Å². The number of amides is 1. The van der Waals surface area contributed by atoms with Crippen LogP contribution in [0.1, 0.15) is 33.1 Å². The Morgan fingerprint density at radius 3 is 2.69 bits per heavy atom. The summed E-state index contributed by atoms with van der Waals surface area (Å²) in [5, 5.41) is 0. The van der Waals surface area contributed by atoms with Crippen LogP contribution in [0.4, 0.5) is 0 Å². The predicted octanol–water partition coefficient (Wildman–Crippen LogP) is 0.999. The van der Waals surface area contributed by atoms with Gasteiger partial charge in [-0.05, 0) is 33.1 Å².